The van der Waals surface area contributed by atoms with Gasteiger partial charge in [-0.2, -0.15) is 0 Å². The van der Waals surface area contributed by atoms with Crippen molar-refractivity contribution in [2.75, 3.05) is 39.3 Å². The molecule has 20 heavy (non-hydrogen) atoms. The maximum absolute atomic E-state index is 4.12. The van der Waals surface area contributed by atoms with E-state index in [0.29, 0.717) is 6.04 Å². The van der Waals surface area contributed by atoms with Crippen molar-refractivity contribution in [1.29, 1.82) is 0 Å². The minimum absolute atomic E-state index is 0.491. The molecular weight excluding hydrogens is 246 g/mol. The van der Waals surface area contributed by atoms with E-state index in [1.807, 2.05) is 0 Å². The summed E-state index contributed by atoms with van der Waals surface area (Å²) in [7, 11) is 0. The first-order valence-electron chi connectivity index (χ1n) is 8.36. The third-order valence-electron chi connectivity index (χ3n) is 3.88. The van der Waals surface area contributed by atoms with Crippen molar-refractivity contribution in [3.63, 3.8) is 0 Å². The number of hydrogen-bond donors (Lipinski definition) is 1. The second kappa shape index (κ2) is 9.41. The summed E-state index contributed by atoms with van der Waals surface area (Å²) in [5.41, 5.74) is 1.16. The van der Waals surface area contributed by atoms with E-state index in [1.165, 1.54) is 52.0 Å². The third-order valence-corrected chi connectivity index (χ3v) is 3.88. The number of nitrogens with one attached hydrogen (secondary N) is 1. The summed E-state index contributed by atoms with van der Waals surface area (Å²) in [4.78, 5) is 5.14. The molecule has 3 nitrogen and oxygen atoms in total. The predicted molar refractivity (Wildman–Crippen MR) is 89.0 cm³/mol. The van der Waals surface area contributed by atoms with Gasteiger partial charge in [-0.1, -0.05) is 33.3 Å². The molecule has 1 aliphatic rings. The molecule has 0 spiro atoms. The molecule has 0 atom stereocenters. The molecule has 1 rings (SSSR count). The lowest BCUT2D eigenvalue weighted by atomic mass is 10.1. The maximum Gasteiger partial charge on any atom is 0.0376 e. The smallest absolute Gasteiger partial charge is 0.0376 e. The summed E-state index contributed by atoms with van der Waals surface area (Å²) in [6.07, 6.45) is 4.12. The van der Waals surface area contributed by atoms with Gasteiger partial charge in [-0.15, -0.1) is 0 Å². The maximum atomic E-state index is 4.12. The van der Waals surface area contributed by atoms with Gasteiger partial charge in [0.1, 0.15) is 0 Å². The van der Waals surface area contributed by atoms with Crippen LogP contribution in [0.2, 0.25) is 0 Å². The van der Waals surface area contributed by atoms with Crippen molar-refractivity contribution >= 4 is 0 Å². The van der Waals surface area contributed by atoms with E-state index >= 15 is 0 Å². The Labute approximate surface area is 126 Å². The molecule has 0 bridgehead atoms. The number of nitrogens with zero attached hydrogens (tertiary/aromatic N) is 2. The number of unbranched alkanes of at least 4 members (excludes halogenated alkanes) is 1. The average Bonchev–Trinajstić information content (AvgIpc) is 2.35. The fourth-order valence-corrected chi connectivity index (χ4v) is 2.78. The van der Waals surface area contributed by atoms with Gasteiger partial charge in [-0.05, 0) is 32.7 Å². The lowest BCUT2D eigenvalue weighted by Crippen LogP contribution is -2.47. The molecule has 0 aromatic carbocycles. The molecule has 1 aliphatic heterocycles. The first kappa shape index (κ1) is 17.5. The molecule has 1 saturated heterocycles. The zero-order valence-electron chi connectivity index (χ0n) is 14.1. The van der Waals surface area contributed by atoms with Crippen molar-refractivity contribution in [2.45, 2.75) is 53.0 Å². The van der Waals surface area contributed by atoms with E-state index in [4.69, 9.17) is 0 Å². The lowest BCUT2D eigenvalue weighted by Gasteiger charge is -2.35. The Balaban J connectivity index is 2.09. The molecule has 118 valence electrons. The van der Waals surface area contributed by atoms with Crippen LogP contribution < -0.4 is 5.32 Å². The van der Waals surface area contributed by atoms with E-state index < -0.39 is 0 Å². The summed E-state index contributed by atoms with van der Waals surface area (Å²) >= 11 is 0. The van der Waals surface area contributed by atoms with E-state index in [1.54, 1.807) is 0 Å². The second-order valence-electron chi connectivity index (χ2n) is 6.91. The normalized spacial score (nSPS) is 17.9. The Bertz CT molecular complexity index is 265. The van der Waals surface area contributed by atoms with Crippen LogP contribution in [0.1, 0.15) is 47.0 Å². The van der Waals surface area contributed by atoms with Crippen molar-refractivity contribution in [3.05, 3.63) is 12.3 Å². The van der Waals surface area contributed by atoms with Gasteiger partial charge in [0.2, 0.25) is 0 Å². The van der Waals surface area contributed by atoms with E-state index in [2.05, 4.69) is 49.4 Å². The van der Waals surface area contributed by atoms with Gasteiger partial charge in [0.25, 0.3) is 0 Å². The van der Waals surface area contributed by atoms with Crippen LogP contribution in [0.25, 0.3) is 0 Å². The monoisotopic (exact) mass is 281 g/mol. The Morgan fingerprint density at radius 3 is 2.15 bits per heavy atom. The van der Waals surface area contributed by atoms with E-state index in [0.717, 1.165) is 18.2 Å². The molecule has 0 aliphatic carbocycles. The Kier molecular flexibility index (Phi) is 8.24. The van der Waals surface area contributed by atoms with Crippen LogP contribution in [0.4, 0.5) is 0 Å². The largest absolute Gasteiger partial charge is 0.386 e. The van der Waals surface area contributed by atoms with Gasteiger partial charge >= 0.3 is 0 Å². The standard InChI is InChI=1S/C17H35N3/c1-15(2)8-6-7-9-19-10-12-20(13-11-19)14-17(5)18-16(3)4/h15-16,18H,5-14H2,1-4H3. The van der Waals surface area contributed by atoms with Crippen LogP contribution in [0, 0.1) is 5.92 Å². The van der Waals surface area contributed by atoms with Gasteiger partial charge < -0.3 is 10.2 Å². The topological polar surface area (TPSA) is 18.5 Å². The molecule has 1 fully saturated rings. The minimum Gasteiger partial charge on any atom is -0.386 e. The molecule has 1 N–H and O–H groups in total. The number of rotatable bonds is 9. The summed E-state index contributed by atoms with van der Waals surface area (Å²) in [5.74, 6) is 0.853. The number of piperazine rings is 1. The molecule has 0 saturated carbocycles. The van der Waals surface area contributed by atoms with Crippen LogP contribution in [-0.2, 0) is 0 Å². The first-order chi connectivity index (χ1) is 9.47. The van der Waals surface area contributed by atoms with Crippen LogP contribution in [0.5, 0.6) is 0 Å². The number of hydrogen-bond acceptors (Lipinski definition) is 3. The molecule has 0 radical (unpaired) electrons. The van der Waals surface area contributed by atoms with Gasteiger partial charge in [0, 0.05) is 44.5 Å². The average molecular weight is 281 g/mol. The molecule has 0 amide bonds. The highest BCUT2D eigenvalue weighted by atomic mass is 15.3. The summed E-state index contributed by atoms with van der Waals surface area (Å²) in [5, 5.41) is 3.40. The fourth-order valence-electron chi connectivity index (χ4n) is 2.78. The zero-order valence-corrected chi connectivity index (χ0v) is 14.1. The lowest BCUT2D eigenvalue weighted by molar-refractivity contribution is 0.136. The van der Waals surface area contributed by atoms with Crippen molar-refractivity contribution in [2.24, 2.45) is 5.92 Å². The van der Waals surface area contributed by atoms with E-state index in [-0.39, 0.29) is 0 Å². The highest BCUT2D eigenvalue weighted by Crippen LogP contribution is 2.09. The summed E-state index contributed by atoms with van der Waals surface area (Å²) < 4.78 is 0. The predicted octanol–water partition coefficient (Wildman–Crippen LogP) is 2.94. The fraction of sp³-hybridized carbons (Fsp3) is 0.882. The van der Waals surface area contributed by atoms with Gasteiger partial charge in [0.15, 0.2) is 0 Å². The zero-order chi connectivity index (χ0) is 15.0. The molecule has 0 aromatic rings. The van der Waals surface area contributed by atoms with Gasteiger partial charge in [-0.3, -0.25) is 4.90 Å². The second-order valence-corrected chi connectivity index (χ2v) is 6.91. The Morgan fingerprint density at radius 1 is 1.00 bits per heavy atom. The van der Waals surface area contributed by atoms with Crippen LogP contribution >= 0.6 is 0 Å². The molecule has 0 aromatic heterocycles. The third kappa shape index (κ3) is 7.91. The molecule has 0 unspecified atom stereocenters. The minimum atomic E-state index is 0.491. The van der Waals surface area contributed by atoms with Crippen LogP contribution in [0.15, 0.2) is 12.3 Å². The first-order valence-corrected chi connectivity index (χ1v) is 8.36. The van der Waals surface area contributed by atoms with E-state index in [9.17, 15) is 0 Å². The van der Waals surface area contributed by atoms with Crippen molar-refractivity contribution < 1.29 is 0 Å². The quantitative estimate of drug-likeness (QED) is 0.656. The van der Waals surface area contributed by atoms with Crippen LogP contribution in [0.3, 0.4) is 0 Å². The van der Waals surface area contributed by atoms with Crippen molar-refractivity contribution in [3.8, 4) is 0 Å². The Morgan fingerprint density at radius 2 is 1.60 bits per heavy atom. The summed E-state index contributed by atoms with van der Waals surface area (Å²) in [6.45, 7) is 20.2. The Hall–Kier alpha value is -0.540. The molecule has 1 heterocycles. The van der Waals surface area contributed by atoms with Crippen molar-refractivity contribution in [1.82, 2.24) is 15.1 Å². The highest BCUT2D eigenvalue weighted by molar-refractivity contribution is 4.96. The van der Waals surface area contributed by atoms with Gasteiger partial charge in [0.05, 0.1) is 0 Å². The molecular formula is C17H35N3. The highest BCUT2D eigenvalue weighted by Gasteiger charge is 2.16. The van der Waals surface area contributed by atoms with Gasteiger partial charge in [-0.25, -0.2) is 0 Å². The SMILES string of the molecule is C=C(CN1CCN(CCCCC(C)C)CC1)NC(C)C. The van der Waals surface area contributed by atoms with Crippen LogP contribution in [-0.4, -0.2) is 55.1 Å². The molecule has 3 heteroatoms. The summed E-state index contributed by atoms with van der Waals surface area (Å²) in [6, 6.07) is 0.491.